The molecule has 1 aliphatic rings. The van der Waals surface area contributed by atoms with E-state index >= 15 is 0 Å². The minimum atomic E-state index is -0.246. The highest BCUT2D eigenvalue weighted by molar-refractivity contribution is 5.73. The zero-order valence-electron chi connectivity index (χ0n) is 16.0. The van der Waals surface area contributed by atoms with Crippen molar-refractivity contribution in [3.8, 4) is 11.1 Å². The summed E-state index contributed by atoms with van der Waals surface area (Å²) in [7, 11) is 0. The van der Waals surface area contributed by atoms with Crippen molar-refractivity contribution in [1.29, 1.82) is 0 Å². The second-order valence-corrected chi connectivity index (χ2v) is 7.48. The summed E-state index contributed by atoms with van der Waals surface area (Å²) in [6.45, 7) is 6.29. The lowest BCUT2D eigenvalue weighted by Crippen LogP contribution is -2.65. The fraction of sp³-hybridized carbons (Fsp3) is 0.409. The first-order chi connectivity index (χ1) is 12.9. The molecule has 3 atom stereocenters. The number of aliphatic hydroxyl groups excluding tert-OH is 1. The Labute approximate surface area is 160 Å². The summed E-state index contributed by atoms with van der Waals surface area (Å²) >= 11 is 0. The molecule has 1 fully saturated rings. The Morgan fingerprint density at radius 3 is 2.11 bits per heavy atom. The van der Waals surface area contributed by atoms with Crippen LogP contribution in [0.5, 0.6) is 0 Å². The van der Waals surface area contributed by atoms with E-state index in [-0.39, 0.29) is 42.4 Å². The quantitative estimate of drug-likeness (QED) is 0.821. The van der Waals surface area contributed by atoms with E-state index in [2.05, 4.69) is 17.4 Å². The normalized spacial score (nSPS) is 21.8. The number of amides is 1. The Morgan fingerprint density at radius 2 is 1.63 bits per heavy atom. The number of hydrogen-bond acceptors (Lipinski definition) is 3. The predicted molar refractivity (Wildman–Crippen MR) is 105 cm³/mol. The van der Waals surface area contributed by atoms with Crippen molar-refractivity contribution in [2.24, 2.45) is 0 Å². The predicted octanol–water partition coefficient (Wildman–Crippen LogP) is 3.17. The van der Waals surface area contributed by atoms with Crippen LogP contribution in [0.1, 0.15) is 32.3 Å². The number of aliphatic hydroxyl groups is 1. The monoisotopic (exact) mass is 370 g/mol. The van der Waals surface area contributed by atoms with Crippen LogP contribution in [0, 0.1) is 5.82 Å². The molecular weight excluding hydrogens is 343 g/mol. The third-order valence-corrected chi connectivity index (χ3v) is 5.39. The second kappa shape index (κ2) is 8.19. The van der Waals surface area contributed by atoms with E-state index in [1.165, 1.54) is 12.1 Å². The number of hydrogen-bond donors (Lipinski definition) is 2. The third-order valence-electron chi connectivity index (χ3n) is 5.39. The van der Waals surface area contributed by atoms with E-state index in [1.54, 1.807) is 19.1 Å². The second-order valence-electron chi connectivity index (χ2n) is 7.48. The highest BCUT2D eigenvalue weighted by Gasteiger charge is 2.42. The molecule has 4 nitrogen and oxygen atoms in total. The molecule has 0 unspecified atom stereocenters. The van der Waals surface area contributed by atoms with Crippen molar-refractivity contribution >= 4 is 5.91 Å². The van der Waals surface area contributed by atoms with Gasteiger partial charge in [-0.05, 0) is 42.7 Å². The number of benzene rings is 2. The largest absolute Gasteiger partial charge is 0.395 e. The van der Waals surface area contributed by atoms with Crippen molar-refractivity contribution in [3.63, 3.8) is 0 Å². The Bertz CT molecular complexity index is 774. The SMILES string of the molecule is CC(=O)N(C[C@@H]1N[C@@H](CO)[C@H]1c1ccc(-c2ccc(F)cc2)cc1)C(C)C. The van der Waals surface area contributed by atoms with Crippen LogP contribution in [-0.2, 0) is 4.79 Å². The summed E-state index contributed by atoms with van der Waals surface area (Å²) in [4.78, 5) is 13.8. The van der Waals surface area contributed by atoms with Crippen molar-refractivity contribution in [3.05, 3.63) is 59.9 Å². The average molecular weight is 370 g/mol. The maximum absolute atomic E-state index is 13.1. The summed E-state index contributed by atoms with van der Waals surface area (Å²) in [5.74, 6) is -0.0350. The maximum atomic E-state index is 13.1. The molecule has 27 heavy (non-hydrogen) atoms. The van der Waals surface area contributed by atoms with Crippen molar-refractivity contribution in [2.75, 3.05) is 13.2 Å². The van der Waals surface area contributed by atoms with Gasteiger partial charge in [0.15, 0.2) is 0 Å². The van der Waals surface area contributed by atoms with Crippen LogP contribution in [0.3, 0.4) is 0 Å². The molecule has 0 bridgehead atoms. The van der Waals surface area contributed by atoms with Crippen LogP contribution < -0.4 is 5.32 Å². The lowest BCUT2D eigenvalue weighted by atomic mass is 9.77. The summed E-state index contributed by atoms with van der Waals surface area (Å²) in [6.07, 6.45) is 0. The lowest BCUT2D eigenvalue weighted by molar-refractivity contribution is -0.131. The van der Waals surface area contributed by atoms with E-state index < -0.39 is 0 Å². The standard InChI is InChI=1S/C22H27FN2O2/c1-14(2)25(15(3)27)12-20-22(21(13-26)24-20)18-6-4-16(5-7-18)17-8-10-19(23)11-9-17/h4-11,14,20-22,24,26H,12-13H2,1-3H3/t20-,21-,22-/m0/s1. The van der Waals surface area contributed by atoms with Gasteiger partial charge in [0.25, 0.3) is 0 Å². The molecule has 0 radical (unpaired) electrons. The van der Waals surface area contributed by atoms with Gasteiger partial charge in [-0.1, -0.05) is 36.4 Å². The zero-order chi connectivity index (χ0) is 19.6. The van der Waals surface area contributed by atoms with Crippen LogP contribution in [0.15, 0.2) is 48.5 Å². The number of carbonyl (C=O) groups is 1. The van der Waals surface area contributed by atoms with Crippen LogP contribution >= 0.6 is 0 Å². The first-order valence-electron chi connectivity index (χ1n) is 9.40. The molecule has 2 aromatic carbocycles. The molecule has 1 amide bonds. The molecule has 1 aliphatic heterocycles. The van der Waals surface area contributed by atoms with Crippen LogP contribution in [-0.4, -0.2) is 47.2 Å². The van der Waals surface area contributed by atoms with Crippen LogP contribution in [0.4, 0.5) is 4.39 Å². The van der Waals surface area contributed by atoms with Gasteiger partial charge >= 0.3 is 0 Å². The molecule has 0 aliphatic carbocycles. The van der Waals surface area contributed by atoms with Gasteiger partial charge in [-0.15, -0.1) is 0 Å². The number of rotatable bonds is 6. The molecule has 2 N–H and O–H groups in total. The van der Waals surface area contributed by atoms with Gasteiger partial charge in [-0.25, -0.2) is 4.39 Å². The highest BCUT2D eigenvalue weighted by Crippen LogP contribution is 2.34. The van der Waals surface area contributed by atoms with Gasteiger partial charge < -0.3 is 15.3 Å². The van der Waals surface area contributed by atoms with Crippen LogP contribution in [0.2, 0.25) is 0 Å². The number of carbonyl (C=O) groups excluding carboxylic acids is 1. The molecule has 5 heteroatoms. The van der Waals surface area contributed by atoms with Gasteiger partial charge in [-0.2, -0.15) is 0 Å². The first-order valence-corrected chi connectivity index (χ1v) is 9.40. The fourth-order valence-corrected chi connectivity index (χ4v) is 3.90. The van der Waals surface area contributed by atoms with Crippen molar-refractivity contribution < 1.29 is 14.3 Å². The fourth-order valence-electron chi connectivity index (χ4n) is 3.90. The van der Waals surface area contributed by atoms with Gasteiger partial charge in [0, 0.05) is 37.5 Å². The minimum absolute atomic E-state index is 0.00681. The smallest absolute Gasteiger partial charge is 0.219 e. The number of halogens is 1. The average Bonchev–Trinajstić information content (AvgIpc) is 2.62. The topological polar surface area (TPSA) is 52.6 Å². The summed E-state index contributed by atoms with van der Waals surface area (Å²) in [5, 5.41) is 13.1. The molecule has 2 aromatic rings. The first kappa shape index (κ1) is 19.5. The van der Waals surface area contributed by atoms with Gasteiger partial charge in [-0.3, -0.25) is 4.79 Å². The van der Waals surface area contributed by atoms with E-state index in [9.17, 15) is 14.3 Å². The molecule has 1 saturated heterocycles. The van der Waals surface area contributed by atoms with E-state index in [0.717, 1.165) is 16.7 Å². The Hall–Kier alpha value is -2.24. The van der Waals surface area contributed by atoms with Crippen molar-refractivity contribution in [1.82, 2.24) is 10.2 Å². The van der Waals surface area contributed by atoms with Gasteiger partial charge in [0.1, 0.15) is 5.82 Å². The molecule has 0 spiro atoms. The highest BCUT2D eigenvalue weighted by atomic mass is 19.1. The van der Waals surface area contributed by atoms with E-state index in [1.807, 2.05) is 30.9 Å². The van der Waals surface area contributed by atoms with E-state index in [0.29, 0.717) is 6.54 Å². The lowest BCUT2D eigenvalue weighted by Gasteiger charge is -2.48. The molecule has 3 rings (SSSR count). The Balaban J connectivity index is 1.77. The zero-order valence-corrected chi connectivity index (χ0v) is 16.0. The van der Waals surface area contributed by atoms with Gasteiger partial charge in [0.2, 0.25) is 5.91 Å². The van der Waals surface area contributed by atoms with Crippen molar-refractivity contribution in [2.45, 2.75) is 44.8 Å². The molecule has 144 valence electrons. The van der Waals surface area contributed by atoms with Crippen LogP contribution in [0.25, 0.3) is 11.1 Å². The Morgan fingerprint density at radius 1 is 1.07 bits per heavy atom. The molecule has 0 saturated carbocycles. The third kappa shape index (κ3) is 4.20. The number of nitrogens with one attached hydrogen (secondary N) is 1. The maximum Gasteiger partial charge on any atom is 0.219 e. The molecule has 1 heterocycles. The number of nitrogens with zero attached hydrogens (tertiary/aromatic N) is 1. The Kier molecular flexibility index (Phi) is 5.92. The summed E-state index contributed by atoms with van der Waals surface area (Å²) < 4.78 is 13.1. The molecular formula is C22H27FN2O2. The molecule has 0 aromatic heterocycles. The summed E-state index contributed by atoms with van der Waals surface area (Å²) in [5.41, 5.74) is 3.12. The minimum Gasteiger partial charge on any atom is -0.395 e. The summed E-state index contributed by atoms with van der Waals surface area (Å²) in [6, 6.07) is 14.9. The van der Waals surface area contributed by atoms with E-state index in [4.69, 9.17) is 0 Å². The van der Waals surface area contributed by atoms with Gasteiger partial charge in [0.05, 0.1) is 6.61 Å².